The van der Waals surface area contributed by atoms with E-state index >= 15 is 0 Å². The standard InChI is InChI=1S/C10H9ClN4/c1-7-5-8(3-2-4-14-15-13)6-9(11)10(7)12/h5-6H,4,12H2,1H3. The number of aryl methyl sites for hydroxylation is 1. The van der Waals surface area contributed by atoms with E-state index in [9.17, 15) is 0 Å². The van der Waals surface area contributed by atoms with Crippen molar-refractivity contribution >= 4 is 17.3 Å². The van der Waals surface area contributed by atoms with Crippen LogP contribution < -0.4 is 5.73 Å². The van der Waals surface area contributed by atoms with E-state index in [0.717, 1.165) is 11.1 Å². The van der Waals surface area contributed by atoms with Gasteiger partial charge in [0.2, 0.25) is 0 Å². The van der Waals surface area contributed by atoms with Gasteiger partial charge in [0, 0.05) is 10.5 Å². The monoisotopic (exact) mass is 220 g/mol. The molecule has 0 saturated carbocycles. The maximum Gasteiger partial charge on any atom is 0.0880 e. The average Bonchev–Trinajstić information content (AvgIpc) is 2.21. The van der Waals surface area contributed by atoms with Crippen LogP contribution in [0.25, 0.3) is 10.4 Å². The maximum atomic E-state index is 8.04. The van der Waals surface area contributed by atoms with Crippen molar-refractivity contribution in [3.05, 3.63) is 38.7 Å². The number of nitrogens with two attached hydrogens (primary N) is 1. The lowest BCUT2D eigenvalue weighted by Crippen LogP contribution is -1.91. The Balaban J connectivity index is 2.95. The van der Waals surface area contributed by atoms with E-state index in [4.69, 9.17) is 22.9 Å². The first-order valence-electron chi connectivity index (χ1n) is 4.20. The summed E-state index contributed by atoms with van der Waals surface area (Å²) in [5, 5.41) is 3.79. The van der Waals surface area contributed by atoms with Crippen LogP contribution in [-0.2, 0) is 0 Å². The van der Waals surface area contributed by atoms with Crippen molar-refractivity contribution in [2.45, 2.75) is 6.92 Å². The van der Waals surface area contributed by atoms with Gasteiger partial charge in [-0.1, -0.05) is 28.6 Å². The Labute approximate surface area is 92.7 Å². The number of azide groups is 1. The molecule has 15 heavy (non-hydrogen) atoms. The van der Waals surface area contributed by atoms with Crippen LogP contribution in [0.1, 0.15) is 11.1 Å². The van der Waals surface area contributed by atoms with Crippen molar-refractivity contribution in [2.24, 2.45) is 5.11 Å². The van der Waals surface area contributed by atoms with Gasteiger partial charge in [0.1, 0.15) is 0 Å². The lowest BCUT2D eigenvalue weighted by molar-refractivity contribution is 1.25. The lowest BCUT2D eigenvalue weighted by Gasteiger charge is -2.02. The number of rotatable bonds is 1. The Hall–Kier alpha value is -1.82. The molecule has 0 atom stereocenters. The van der Waals surface area contributed by atoms with Crippen molar-refractivity contribution in [3.63, 3.8) is 0 Å². The van der Waals surface area contributed by atoms with Crippen LogP contribution in [0.3, 0.4) is 0 Å². The predicted molar refractivity (Wildman–Crippen MR) is 61.5 cm³/mol. The Morgan fingerprint density at radius 2 is 2.33 bits per heavy atom. The number of benzene rings is 1. The molecule has 0 aliphatic rings. The number of nitrogens with zero attached hydrogens (tertiary/aromatic N) is 3. The third-order valence-electron chi connectivity index (χ3n) is 1.78. The molecule has 1 aromatic rings. The summed E-state index contributed by atoms with van der Waals surface area (Å²) in [6, 6.07) is 3.53. The molecule has 0 amide bonds. The zero-order valence-corrected chi connectivity index (χ0v) is 8.91. The lowest BCUT2D eigenvalue weighted by atomic mass is 10.1. The van der Waals surface area contributed by atoms with Crippen LogP contribution in [0.5, 0.6) is 0 Å². The van der Waals surface area contributed by atoms with Crippen molar-refractivity contribution < 1.29 is 0 Å². The topological polar surface area (TPSA) is 74.8 Å². The molecule has 0 aliphatic carbocycles. The van der Waals surface area contributed by atoms with Gasteiger partial charge in [-0.25, -0.2) is 0 Å². The molecule has 0 aromatic heterocycles. The van der Waals surface area contributed by atoms with E-state index in [0.29, 0.717) is 10.7 Å². The SMILES string of the molecule is Cc1cc(C#CCN=[N+]=[N-])cc(Cl)c1N. The van der Waals surface area contributed by atoms with E-state index in [1.807, 2.05) is 13.0 Å². The molecule has 1 aromatic carbocycles. The van der Waals surface area contributed by atoms with E-state index in [-0.39, 0.29) is 6.54 Å². The molecule has 2 N–H and O–H groups in total. The van der Waals surface area contributed by atoms with Crippen molar-refractivity contribution in [1.82, 2.24) is 0 Å². The van der Waals surface area contributed by atoms with Gasteiger partial charge in [-0.15, -0.1) is 0 Å². The number of hydrogen-bond donors (Lipinski definition) is 1. The van der Waals surface area contributed by atoms with Gasteiger partial charge < -0.3 is 5.73 Å². The normalized spacial score (nSPS) is 8.67. The second-order valence-corrected chi connectivity index (χ2v) is 3.29. The maximum absolute atomic E-state index is 8.04. The molecule has 4 nitrogen and oxygen atoms in total. The van der Waals surface area contributed by atoms with Crippen LogP contribution in [0.2, 0.25) is 5.02 Å². The first-order chi connectivity index (χ1) is 7.15. The molecule has 1 rings (SSSR count). The largest absolute Gasteiger partial charge is 0.397 e. The van der Waals surface area contributed by atoms with Crippen LogP contribution in [0.4, 0.5) is 5.69 Å². The summed E-state index contributed by atoms with van der Waals surface area (Å²) in [6.45, 7) is 2.01. The fraction of sp³-hybridized carbons (Fsp3) is 0.200. The molecule has 76 valence electrons. The first kappa shape index (κ1) is 11.3. The molecule has 0 saturated heterocycles. The van der Waals surface area contributed by atoms with Gasteiger partial charge in [-0.05, 0) is 30.2 Å². The smallest absolute Gasteiger partial charge is 0.0880 e. The Morgan fingerprint density at radius 3 is 2.93 bits per heavy atom. The third-order valence-corrected chi connectivity index (χ3v) is 2.09. The van der Waals surface area contributed by atoms with Crippen molar-refractivity contribution in [3.8, 4) is 11.8 Å². The molecular weight excluding hydrogens is 212 g/mol. The van der Waals surface area contributed by atoms with E-state index in [1.165, 1.54) is 0 Å². The zero-order valence-electron chi connectivity index (χ0n) is 8.16. The predicted octanol–water partition coefficient (Wildman–Crippen LogP) is 2.89. The van der Waals surface area contributed by atoms with Crippen molar-refractivity contribution in [2.75, 3.05) is 12.3 Å². The van der Waals surface area contributed by atoms with Gasteiger partial charge in [0.15, 0.2) is 0 Å². The summed E-state index contributed by atoms with van der Waals surface area (Å²) < 4.78 is 0. The quantitative estimate of drug-likeness (QED) is 0.255. The summed E-state index contributed by atoms with van der Waals surface area (Å²) in [6.07, 6.45) is 0. The van der Waals surface area contributed by atoms with Gasteiger partial charge in [0.25, 0.3) is 0 Å². The van der Waals surface area contributed by atoms with E-state index < -0.39 is 0 Å². The number of hydrogen-bond acceptors (Lipinski definition) is 2. The minimum Gasteiger partial charge on any atom is -0.397 e. The fourth-order valence-electron chi connectivity index (χ4n) is 1.04. The fourth-order valence-corrected chi connectivity index (χ4v) is 1.30. The number of halogens is 1. The summed E-state index contributed by atoms with van der Waals surface area (Å²) in [7, 11) is 0. The van der Waals surface area contributed by atoms with E-state index in [2.05, 4.69) is 21.9 Å². The molecule has 0 bridgehead atoms. The zero-order chi connectivity index (χ0) is 11.3. The molecular formula is C10H9ClN4. The highest BCUT2D eigenvalue weighted by Gasteiger charge is 2.00. The minimum absolute atomic E-state index is 0.150. The second-order valence-electron chi connectivity index (χ2n) is 2.88. The molecule has 0 unspecified atom stereocenters. The Kier molecular flexibility index (Phi) is 3.87. The first-order valence-corrected chi connectivity index (χ1v) is 4.58. The molecule has 0 radical (unpaired) electrons. The Morgan fingerprint density at radius 1 is 1.60 bits per heavy atom. The number of anilines is 1. The molecule has 0 heterocycles. The summed E-state index contributed by atoms with van der Waals surface area (Å²) in [5.74, 6) is 5.54. The highest BCUT2D eigenvalue weighted by Crippen LogP contribution is 2.23. The van der Waals surface area contributed by atoms with Gasteiger partial charge >= 0.3 is 0 Å². The molecule has 5 heteroatoms. The molecule has 0 aliphatic heterocycles. The average molecular weight is 221 g/mol. The highest BCUT2D eigenvalue weighted by atomic mass is 35.5. The summed E-state index contributed by atoms with van der Waals surface area (Å²) >= 11 is 5.88. The van der Waals surface area contributed by atoms with Crippen LogP contribution in [0.15, 0.2) is 17.2 Å². The second kappa shape index (κ2) is 5.16. The Bertz CT molecular complexity index is 455. The van der Waals surface area contributed by atoms with Crippen LogP contribution in [0, 0.1) is 18.8 Å². The third kappa shape index (κ3) is 3.10. The van der Waals surface area contributed by atoms with Gasteiger partial charge in [-0.3, -0.25) is 0 Å². The van der Waals surface area contributed by atoms with Crippen LogP contribution in [-0.4, -0.2) is 6.54 Å². The molecule has 0 fully saturated rings. The van der Waals surface area contributed by atoms with Crippen molar-refractivity contribution in [1.29, 1.82) is 0 Å². The van der Waals surface area contributed by atoms with Gasteiger partial charge in [-0.2, -0.15) is 0 Å². The van der Waals surface area contributed by atoms with Crippen LogP contribution >= 0.6 is 11.6 Å². The molecule has 0 spiro atoms. The highest BCUT2D eigenvalue weighted by molar-refractivity contribution is 6.33. The summed E-state index contributed by atoms with van der Waals surface area (Å²) in [4.78, 5) is 2.59. The summed E-state index contributed by atoms with van der Waals surface area (Å²) in [5.41, 5.74) is 15.9. The van der Waals surface area contributed by atoms with Gasteiger partial charge in [0.05, 0.1) is 17.3 Å². The number of nitrogen functional groups attached to an aromatic ring is 1. The van der Waals surface area contributed by atoms with E-state index in [1.54, 1.807) is 6.07 Å². The minimum atomic E-state index is 0.150.